The average molecular weight is 671 g/mol. The van der Waals surface area contributed by atoms with Gasteiger partial charge in [0.1, 0.15) is 37.6 Å². The molecular formula is C30H54O16. The summed E-state index contributed by atoms with van der Waals surface area (Å²) in [7, 11) is 0. The molecule has 16 nitrogen and oxygen atoms in total. The first-order valence-corrected chi connectivity index (χ1v) is 15.5. The summed E-state index contributed by atoms with van der Waals surface area (Å²) < 4.78 is 63.5. The van der Waals surface area contributed by atoms with Crippen LogP contribution in [0.25, 0.3) is 0 Å². The molecule has 270 valence electrons. The third kappa shape index (κ3) is 38.1. The van der Waals surface area contributed by atoms with Gasteiger partial charge in [0.2, 0.25) is 0 Å². The number of rotatable bonds is 37. The second-order valence-electron chi connectivity index (χ2n) is 9.32. The summed E-state index contributed by atoms with van der Waals surface area (Å²) in [6.07, 6.45) is -0.433. The second kappa shape index (κ2) is 35.7. The molecule has 16 heteroatoms. The smallest absolute Gasteiger partial charge is 0.313 e. The third-order valence-electron chi connectivity index (χ3n) is 5.12. The summed E-state index contributed by atoms with van der Waals surface area (Å²) in [4.78, 5) is 43.8. The summed E-state index contributed by atoms with van der Waals surface area (Å²) in [6, 6.07) is 0. The van der Waals surface area contributed by atoms with Crippen molar-refractivity contribution in [1.82, 2.24) is 0 Å². The van der Waals surface area contributed by atoms with Crippen LogP contribution < -0.4 is 0 Å². The number of ketones is 2. The van der Waals surface area contributed by atoms with Crippen molar-refractivity contribution in [3.8, 4) is 0 Å². The Morgan fingerprint density at radius 1 is 0.283 bits per heavy atom. The number of Topliss-reactive ketones (excluding diaryl/α,β-unsaturated/α-hetero) is 2. The first-order valence-electron chi connectivity index (χ1n) is 15.5. The second-order valence-corrected chi connectivity index (χ2v) is 9.32. The Morgan fingerprint density at radius 3 is 0.587 bits per heavy atom. The Morgan fingerprint density at radius 2 is 0.435 bits per heavy atom. The van der Waals surface area contributed by atoms with Gasteiger partial charge in [0.25, 0.3) is 0 Å². The van der Waals surface area contributed by atoms with Crippen LogP contribution in [-0.2, 0) is 76.0 Å². The van der Waals surface area contributed by atoms with E-state index in [1.807, 2.05) is 0 Å². The number of hydrogen-bond donors (Lipinski definition) is 0. The van der Waals surface area contributed by atoms with Gasteiger partial charge in [-0.25, -0.2) is 0 Å². The first kappa shape index (κ1) is 43.9. The molecule has 0 bridgehead atoms. The summed E-state index contributed by atoms with van der Waals surface area (Å²) in [5.74, 6) is -1.56. The Labute approximate surface area is 271 Å². The van der Waals surface area contributed by atoms with E-state index < -0.39 is 11.9 Å². The fourth-order valence-electron chi connectivity index (χ4n) is 3.02. The van der Waals surface area contributed by atoms with Crippen molar-refractivity contribution < 1.29 is 76.0 Å². The summed E-state index contributed by atoms with van der Waals surface area (Å²) >= 11 is 0. The molecule has 0 radical (unpaired) electrons. The van der Waals surface area contributed by atoms with Crippen molar-refractivity contribution in [3.05, 3.63) is 0 Å². The monoisotopic (exact) mass is 670 g/mol. The number of esters is 2. The highest BCUT2D eigenvalue weighted by Gasteiger charge is 2.06. The van der Waals surface area contributed by atoms with Crippen LogP contribution in [-0.4, -0.2) is 169 Å². The summed E-state index contributed by atoms with van der Waals surface area (Å²) in [5, 5.41) is 0. The van der Waals surface area contributed by atoms with E-state index in [0.717, 1.165) is 0 Å². The Balaban J connectivity index is 3.11. The zero-order valence-corrected chi connectivity index (χ0v) is 27.5. The number of hydrogen-bond acceptors (Lipinski definition) is 16. The maximum atomic E-state index is 11.2. The minimum atomic E-state index is -0.546. The fourth-order valence-corrected chi connectivity index (χ4v) is 3.02. The minimum Gasteiger partial charge on any atom is -0.463 e. The van der Waals surface area contributed by atoms with Crippen molar-refractivity contribution >= 4 is 23.5 Å². The third-order valence-corrected chi connectivity index (χ3v) is 5.12. The van der Waals surface area contributed by atoms with Gasteiger partial charge in [-0.05, 0) is 13.8 Å². The molecule has 0 heterocycles. The van der Waals surface area contributed by atoms with E-state index in [1.54, 1.807) is 0 Å². The molecule has 0 N–H and O–H groups in total. The van der Waals surface area contributed by atoms with Crippen molar-refractivity contribution in [2.45, 2.75) is 26.7 Å². The van der Waals surface area contributed by atoms with Gasteiger partial charge in [-0.3, -0.25) is 19.2 Å². The minimum absolute atomic E-state index is 0.109. The number of ether oxygens (including phenoxy) is 12. The zero-order chi connectivity index (χ0) is 33.8. The highest BCUT2D eigenvalue weighted by molar-refractivity contribution is 5.94. The van der Waals surface area contributed by atoms with Crippen LogP contribution >= 0.6 is 0 Å². The normalized spacial score (nSPS) is 11.1. The lowest BCUT2D eigenvalue weighted by atomic mass is 10.3. The standard InChI is InChI=1S/C30H54O16/c1-27(31)25-29(33)45-23-21-43-19-17-41-15-13-39-11-9-37-7-5-35-3-4-36-6-8-38-10-12-40-14-16-42-18-20-44-22-24-46-30(34)26-28(2)32/h3-26H2,1-2H3. The van der Waals surface area contributed by atoms with Crippen molar-refractivity contribution in [1.29, 1.82) is 0 Å². The van der Waals surface area contributed by atoms with Crippen molar-refractivity contribution in [2.24, 2.45) is 0 Å². The maximum absolute atomic E-state index is 11.2. The van der Waals surface area contributed by atoms with E-state index in [9.17, 15) is 19.2 Å². The molecule has 0 unspecified atom stereocenters. The van der Waals surface area contributed by atoms with Gasteiger partial charge in [-0.1, -0.05) is 0 Å². The predicted octanol–water partition coefficient (Wildman–Crippen LogP) is 0.197. The molecule has 0 aliphatic rings. The predicted molar refractivity (Wildman–Crippen MR) is 161 cm³/mol. The summed E-state index contributed by atoms with van der Waals surface area (Å²) in [6.45, 7) is 11.3. The molecule has 0 aliphatic carbocycles. The Bertz CT molecular complexity index is 676. The molecule has 0 saturated heterocycles. The van der Waals surface area contributed by atoms with Crippen LogP contribution in [0.5, 0.6) is 0 Å². The Kier molecular flexibility index (Phi) is 34.1. The zero-order valence-electron chi connectivity index (χ0n) is 27.5. The van der Waals surface area contributed by atoms with Crippen LogP contribution in [0.1, 0.15) is 26.7 Å². The van der Waals surface area contributed by atoms with Gasteiger partial charge in [-0.15, -0.1) is 0 Å². The van der Waals surface area contributed by atoms with Crippen molar-refractivity contribution in [2.75, 3.05) is 145 Å². The van der Waals surface area contributed by atoms with E-state index in [2.05, 4.69) is 0 Å². The molecule has 0 aromatic heterocycles. The molecule has 46 heavy (non-hydrogen) atoms. The van der Waals surface area contributed by atoms with Crippen LogP contribution in [0.3, 0.4) is 0 Å². The highest BCUT2D eigenvalue weighted by Crippen LogP contribution is 1.91. The molecule has 0 aromatic carbocycles. The topological polar surface area (TPSA) is 179 Å². The average Bonchev–Trinajstić information content (AvgIpc) is 3.00. The van der Waals surface area contributed by atoms with Crippen LogP contribution in [0.2, 0.25) is 0 Å². The number of carbonyl (C=O) groups is 4. The van der Waals surface area contributed by atoms with Gasteiger partial charge < -0.3 is 56.8 Å². The van der Waals surface area contributed by atoms with Crippen LogP contribution in [0, 0.1) is 0 Å². The highest BCUT2D eigenvalue weighted by atomic mass is 16.6. The molecule has 0 aliphatic heterocycles. The maximum Gasteiger partial charge on any atom is 0.313 e. The lowest BCUT2D eigenvalue weighted by Gasteiger charge is -2.09. The quantitative estimate of drug-likeness (QED) is 0.0496. The molecule has 0 rings (SSSR count). The molecule has 0 aromatic rings. The fraction of sp³-hybridized carbons (Fsp3) is 0.867. The van der Waals surface area contributed by atoms with E-state index in [1.165, 1.54) is 13.8 Å². The SMILES string of the molecule is CC(=O)CC(=O)OCCOCCOCCOCCOCCOCCOCCOCCOCCOCCOCCOC(=O)CC(C)=O. The molecule has 0 atom stereocenters. The van der Waals surface area contributed by atoms with E-state index in [-0.39, 0.29) is 50.8 Å². The van der Waals surface area contributed by atoms with E-state index >= 15 is 0 Å². The van der Waals surface area contributed by atoms with E-state index in [0.29, 0.717) is 119 Å². The molecule has 0 amide bonds. The van der Waals surface area contributed by atoms with Gasteiger partial charge in [0.05, 0.1) is 132 Å². The lowest BCUT2D eigenvalue weighted by Crippen LogP contribution is -2.16. The van der Waals surface area contributed by atoms with Gasteiger partial charge in [-0.2, -0.15) is 0 Å². The molecule has 0 spiro atoms. The van der Waals surface area contributed by atoms with Crippen LogP contribution in [0.4, 0.5) is 0 Å². The Hall–Kier alpha value is -2.12. The van der Waals surface area contributed by atoms with E-state index in [4.69, 9.17) is 56.8 Å². The van der Waals surface area contributed by atoms with Gasteiger partial charge >= 0.3 is 11.9 Å². The first-order chi connectivity index (χ1) is 22.4. The van der Waals surface area contributed by atoms with Gasteiger partial charge in [0.15, 0.2) is 0 Å². The molecule has 0 saturated carbocycles. The van der Waals surface area contributed by atoms with Crippen LogP contribution in [0.15, 0.2) is 0 Å². The number of carbonyl (C=O) groups excluding carboxylic acids is 4. The molecule has 0 fully saturated rings. The van der Waals surface area contributed by atoms with Crippen molar-refractivity contribution in [3.63, 3.8) is 0 Å². The lowest BCUT2D eigenvalue weighted by molar-refractivity contribution is -0.148. The summed E-state index contributed by atoms with van der Waals surface area (Å²) in [5.41, 5.74) is 0. The largest absolute Gasteiger partial charge is 0.463 e. The van der Waals surface area contributed by atoms with Gasteiger partial charge in [0, 0.05) is 0 Å². The molecular weight excluding hydrogens is 616 g/mol.